The van der Waals surface area contributed by atoms with Crippen molar-refractivity contribution in [1.82, 2.24) is 0 Å². The minimum Gasteiger partial charge on any atom is -0.323 e. The molecule has 2 N–H and O–H groups in total. The maximum atomic E-state index is 5.03. The van der Waals surface area contributed by atoms with Crippen LogP contribution in [0.5, 0.6) is 0 Å². The molecule has 1 radical (unpaired) electrons. The lowest BCUT2D eigenvalue weighted by Gasteiger charge is -1.80. The van der Waals surface area contributed by atoms with Crippen LogP contribution in [0.3, 0.4) is 0 Å². The van der Waals surface area contributed by atoms with Gasteiger partial charge in [-0.2, -0.15) is 0 Å². The van der Waals surface area contributed by atoms with Gasteiger partial charge in [0.05, 0.1) is 0 Å². The molecule has 0 saturated carbocycles. The predicted molar refractivity (Wildman–Crippen MR) is 27.9 cm³/mol. The molecule has 0 aromatic rings. The van der Waals surface area contributed by atoms with Crippen molar-refractivity contribution >= 4 is 0 Å². The topological polar surface area (TPSA) is 26.0 Å². The van der Waals surface area contributed by atoms with Crippen LogP contribution in [0, 0.1) is 6.54 Å². The third-order valence-electron chi connectivity index (χ3n) is 0.430. The third kappa shape index (κ3) is 3.70. The minimum absolute atomic E-state index is 1.23. The largest absolute Gasteiger partial charge is 0.323 e. The SMILES string of the molecule is CC(C)=C[CH]N. The molecule has 0 amide bonds. The van der Waals surface area contributed by atoms with E-state index in [0.29, 0.717) is 0 Å². The van der Waals surface area contributed by atoms with E-state index in [1.807, 2.05) is 19.9 Å². The van der Waals surface area contributed by atoms with Crippen molar-refractivity contribution in [3.05, 3.63) is 18.2 Å². The maximum Gasteiger partial charge on any atom is 0.0417 e. The highest BCUT2D eigenvalue weighted by molar-refractivity contribution is 4.99. The fraction of sp³-hybridized carbons (Fsp3) is 0.400. The molecule has 1 heteroatoms. The van der Waals surface area contributed by atoms with Crippen LogP contribution in [0.25, 0.3) is 0 Å². The molecular formula is C5H10N. The Labute approximate surface area is 38.8 Å². The number of nitrogens with two attached hydrogens (primary N) is 1. The zero-order valence-corrected chi connectivity index (χ0v) is 4.23. The summed E-state index contributed by atoms with van der Waals surface area (Å²) in [6, 6.07) is 0. The van der Waals surface area contributed by atoms with E-state index < -0.39 is 0 Å². The highest BCUT2D eigenvalue weighted by Crippen LogP contribution is 1.85. The number of rotatable bonds is 1. The average Bonchev–Trinajstić information content (AvgIpc) is 1.35. The molecule has 1 nitrogen and oxygen atoms in total. The molecule has 0 atom stereocenters. The fourth-order valence-corrected chi connectivity index (χ4v) is 0.192. The fourth-order valence-electron chi connectivity index (χ4n) is 0.192. The van der Waals surface area contributed by atoms with Crippen molar-refractivity contribution in [2.75, 3.05) is 0 Å². The highest BCUT2D eigenvalue weighted by Gasteiger charge is 1.67. The van der Waals surface area contributed by atoms with Crippen molar-refractivity contribution in [2.24, 2.45) is 5.73 Å². The molecule has 6 heavy (non-hydrogen) atoms. The Kier molecular flexibility index (Phi) is 2.77. The second-order valence-electron chi connectivity index (χ2n) is 1.44. The van der Waals surface area contributed by atoms with E-state index in [0.717, 1.165) is 0 Å². The lowest BCUT2D eigenvalue weighted by Crippen LogP contribution is -1.83. The molecule has 0 aliphatic heterocycles. The molecule has 0 aliphatic rings. The standard InChI is InChI=1S/C5H10N/c1-5(2)3-4-6/h3-4H,6H2,1-2H3. The molecule has 0 saturated heterocycles. The molecule has 0 heterocycles. The highest BCUT2D eigenvalue weighted by atomic mass is 14.5. The molecule has 0 aromatic carbocycles. The number of hydrogen-bond donors (Lipinski definition) is 1. The zero-order chi connectivity index (χ0) is 4.99. The quantitative estimate of drug-likeness (QED) is 0.505. The van der Waals surface area contributed by atoms with Crippen molar-refractivity contribution in [3.8, 4) is 0 Å². The average molecular weight is 84.1 g/mol. The van der Waals surface area contributed by atoms with Crippen LogP contribution in [0.1, 0.15) is 13.8 Å². The molecule has 0 unspecified atom stereocenters. The predicted octanol–water partition coefficient (Wildman–Crippen LogP) is 1.07. The Morgan fingerprint density at radius 3 is 2.00 bits per heavy atom. The van der Waals surface area contributed by atoms with E-state index in [4.69, 9.17) is 5.73 Å². The van der Waals surface area contributed by atoms with Gasteiger partial charge in [0, 0.05) is 6.54 Å². The van der Waals surface area contributed by atoms with Crippen LogP contribution in [-0.4, -0.2) is 0 Å². The Balaban J connectivity index is 3.14. The summed E-state index contributed by atoms with van der Waals surface area (Å²) < 4.78 is 0. The summed E-state index contributed by atoms with van der Waals surface area (Å²) in [6.07, 6.45) is 1.86. The molecule has 35 valence electrons. The van der Waals surface area contributed by atoms with Gasteiger partial charge in [0.25, 0.3) is 0 Å². The van der Waals surface area contributed by atoms with Gasteiger partial charge in [-0.25, -0.2) is 0 Å². The van der Waals surface area contributed by atoms with E-state index in [2.05, 4.69) is 0 Å². The van der Waals surface area contributed by atoms with Gasteiger partial charge in [0.2, 0.25) is 0 Å². The van der Waals surface area contributed by atoms with Gasteiger partial charge in [-0.3, -0.25) is 0 Å². The maximum absolute atomic E-state index is 5.03. The van der Waals surface area contributed by atoms with Crippen molar-refractivity contribution in [2.45, 2.75) is 13.8 Å². The second-order valence-corrected chi connectivity index (χ2v) is 1.44. The molecule has 0 aromatic heterocycles. The summed E-state index contributed by atoms with van der Waals surface area (Å²) in [5.74, 6) is 0. The third-order valence-corrected chi connectivity index (χ3v) is 0.430. The van der Waals surface area contributed by atoms with E-state index >= 15 is 0 Å². The molecule has 0 aliphatic carbocycles. The summed E-state index contributed by atoms with van der Waals surface area (Å²) in [6.45, 7) is 5.54. The Bertz CT molecular complexity index is 51.0. The first kappa shape index (κ1) is 5.70. The molecule has 0 fully saturated rings. The Morgan fingerprint density at radius 1 is 1.50 bits per heavy atom. The van der Waals surface area contributed by atoms with Crippen molar-refractivity contribution in [1.29, 1.82) is 0 Å². The summed E-state index contributed by atoms with van der Waals surface area (Å²) in [7, 11) is 0. The summed E-state index contributed by atoms with van der Waals surface area (Å²) in [5, 5.41) is 0. The van der Waals surface area contributed by atoms with Gasteiger partial charge < -0.3 is 5.73 Å². The zero-order valence-electron chi connectivity index (χ0n) is 4.23. The first-order valence-corrected chi connectivity index (χ1v) is 1.96. The molecule has 0 rings (SSSR count). The van der Waals surface area contributed by atoms with Crippen LogP contribution in [0.15, 0.2) is 11.6 Å². The summed E-state index contributed by atoms with van der Waals surface area (Å²) in [5.41, 5.74) is 6.26. The monoisotopic (exact) mass is 84.1 g/mol. The summed E-state index contributed by atoms with van der Waals surface area (Å²) in [4.78, 5) is 0. The van der Waals surface area contributed by atoms with Gasteiger partial charge in [-0.1, -0.05) is 11.6 Å². The van der Waals surface area contributed by atoms with Gasteiger partial charge >= 0.3 is 0 Å². The molecule has 0 spiro atoms. The van der Waals surface area contributed by atoms with Crippen molar-refractivity contribution in [3.63, 3.8) is 0 Å². The summed E-state index contributed by atoms with van der Waals surface area (Å²) >= 11 is 0. The van der Waals surface area contributed by atoms with E-state index in [-0.39, 0.29) is 0 Å². The number of allylic oxidation sites excluding steroid dienone is 1. The normalized spacial score (nSPS) is 7.83. The van der Waals surface area contributed by atoms with Gasteiger partial charge in [-0.05, 0) is 13.8 Å². The van der Waals surface area contributed by atoms with Crippen LogP contribution >= 0.6 is 0 Å². The van der Waals surface area contributed by atoms with Crippen molar-refractivity contribution < 1.29 is 0 Å². The van der Waals surface area contributed by atoms with Gasteiger partial charge in [0.1, 0.15) is 0 Å². The Hall–Kier alpha value is -0.300. The van der Waals surface area contributed by atoms with Crippen LogP contribution < -0.4 is 5.73 Å². The van der Waals surface area contributed by atoms with Crippen LogP contribution in [0.2, 0.25) is 0 Å². The number of hydrogen-bond acceptors (Lipinski definition) is 1. The van der Waals surface area contributed by atoms with E-state index in [9.17, 15) is 0 Å². The second kappa shape index (κ2) is 2.91. The van der Waals surface area contributed by atoms with Crippen LogP contribution in [0.4, 0.5) is 0 Å². The first-order valence-electron chi connectivity index (χ1n) is 1.96. The van der Waals surface area contributed by atoms with E-state index in [1.54, 1.807) is 0 Å². The first-order chi connectivity index (χ1) is 2.77. The smallest absolute Gasteiger partial charge is 0.0417 e. The van der Waals surface area contributed by atoms with Gasteiger partial charge in [-0.15, -0.1) is 0 Å². The molecule has 0 bridgehead atoms. The Morgan fingerprint density at radius 2 is 2.00 bits per heavy atom. The lowest BCUT2D eigenvalue weighted by atomic mass is 10.3. The van der Waals surface area contributed by atoms with E-state index in [1.165, 1.54) is 12.1 Å². The molecular weight excluding hydrogens is 74.1 g/mol. The minimum atomic E-state index is 1.23. The van der Waals surface area contributed by atoms with Crippen LogP contribution in [-0.2, 0) is 0 Å². The van der Waals surface area contributed by atoms with Gasteiger partial charge in [0.15, 0.2) is 0 Å². The lowest BCUT2D eigenvalue weighted by molar-refractivity contribution is 1.33.